The molecule has 2 aromatic rings. The summed E-state index contributed by atoms with van der Waals surface area (Å²) in [5.74, 6) is -3.23. The molecule has 2 atom stereocenters. The van der Waals surface area contributed by atoms with Crippen molar-refractivity contribution in [1.82, 2.24) is 4.90 Å². The van der Waals surface area contributed by atoms with Crippen LogP contribution in [0.15, 0.2) is 42.5 Å². The number of carbonyl (C=O) groups is 1. The number of nitrogens with zero attached hydrogens (tertiary/aromatic N) is 1. The van der Waals surface area contributed by atoms with Crippen molar-refractivity contribution < 1.29 is 36.2 Å². The molecule has 0 spiro atoms. The van der Waals surface area contributed by atoms with E-state index in [0.29, 0.717) is 23.1 Å². The summed E-state index contributed by atoms with van der Waals surface area (Å²) >= 11 is 0. The predicted molar refractivity (Wildman–Crippen MR) is 130 cm³/mol. The third-order valence-corrected chi connectivity index (χ3v) is 7.07. The summed E-state index contributed by atoms with van der Waals surface area (Å²) in [6.07, 6.45) is -8.18. The van der Waals surface area contributed by atoms with Crippen molar-refractivity contribution >= 4 is 5.97 Å². The zero-order valence-corrected chi connectivity index (χ0v) is 21.4. The Morgan fingerprint density at radius 2 is 1.54 bits per heavy atom. The Labute approximate surface area is 213 Å². The molecule has 3 rings (SSSR count). The van der Waals surface area contributed by atoms with Gasteiger partial charge in [-0.2, -0.15) is 26.3 Å². The van der Waals surface area contributed by atoms with Gasteiger partial charge in [0, 0.05) is 6.04 Å². The second-order valence-electron chi connectivity index (χ2n) is 11.1. The first-order valence-electron chi connectivity index (χ1n) is 12.3. The molecule has 3 nitrogen and oxygen atoms in total. The Balaban J connectivity index is 2.10. The van der Waals surface area contributed by atoms with Gasteiger partial charge in [0.2, 0.25) is 0 Å². The van der Waals surface area contributed by atoms with Crippen LogP contribution in [0.2, 0.25) is 0 Å². The summed E-state index contributed by atoms with van der Waals surface area (Å²) in [6, 6.07) is 9.57. The molecule has 0 aromatic heterocycles. The van der Waals surface area contributed by atoms with E-state index in [1.807, 2.05) is 25.7 Å². The highest BCUT2D eigenvalue weighted by Crippen LogP contribution is 2.43. The standard InChI is InChI=1S/C28H33F6NO2/c1-17(25(36)37)19-7-10-22(23(15-19)18-5-8-20(9-6-18)27(29,30)31)24(16-26(2,3)4)35-13-11-21(12-14-35)28(32,33)34/h5-10,15,17,21,24H,11-14,16H2,1-4H3,(H,36,37). The number of halogens is 6. The fourth-order valence-electron chi connectivity index (χ4n) is 4.92. The molecule has 204 valence electrons. The lowest BCUT2D eigenvalue weighted by molar-refractivity contribution is -0.186. The van der Waals surface area contributed by atoms with Gasteiger partial charge in [0.15, 0.2) is 0 Å². The van der Waals surface area contributed by atoms with Crippen LogP contribution in [0, 0.1) is 11.3 Å². The zero-order valence-electron chi connectivity index (χ0n) is 21.4. The molecule has 1 aliphatic rings. The van der Waals surface area contributed by atoms with Crippen LogP contribution in [0.1, 0.15) is 75.6 Å². The Morgan fingerprint density at radius 3 is 2.00 bits per heavy atom. The number of rotatable bonds is 6. The molecule has 0 radical (unpaired) electrons. The molecule has 1 aliphatic heterocycles. The molecule has 1 fully saturated rings. The number of hydrogen-bond donors (Lipinski definition) is 1. The van der Waals surface area contributed by atoms with Gasteiger partial charge in [0.05, 0.1) is 17.4 Å². The van der Waals surface area contributed by atoms with Gasteiger partial charge in [-0.05, 0) is 85.1 Å². The van der Waals surface area contributed by atoms with Crippen molar-refractivity contribution in [3.05, 3.63) is 59.2 Å². The minimum atomic E-state index is -4.50. The zero-order chi connectivity index (χ0) is 27.8. The van der Waals surface area contributed by atoms with Gasteiger partial charge >= 0.3 is 18.3 Å². The minimum Gasteiger partial charge on any atom is -0.481 e. The smallest absolute Gasteiger partial charge is 0.416 e. The highest BCUT2D eigenvalue weighted by molar-refractivity contribution is 5.77. The van der Waals surface area contributed by atoms with Crippen LogP contribution in [-0.4, -0.2) is 35.2 Å². The number of hydrogen-bond acceptors (Lipinski definition) is 2. The quantitative estimate of drug-likeness (QED) is 0.383. The highest BCUT2D eigenvalue weighted by Gasteiger charge is 2.42. The van der Waals surface area contributed by atoms with Crippen molar-refractivity contribution in [2.24, 2.45) is 11.3 Å². The molecule has 9 heteroatoms. The van der Waals surface area contributed by atoms with Crippen LogP contribution in [0.3, 0.4) is 0 Å². The number of alkyl halides is 6. The lowest BCUT2D eigenvalue weighted by Gasteiger charge is -2.41. The first kappa shape index (κ1) is 29.0. The molecule has 1 N–H and O–H groups in total. The van der Waals surface area contributed by atoms with Crippen LogP contribution >= 0.6 is 0 Å². The van der Waals surface area contributed by atoms with E-state index in [1.54, 1.807) is 18.2 Å². The van der Waals surface area contributed by atoms with Gasteiger partial charge in [0.25, 0.3) is 0 Å². The second-order valence-corrected chi connectivity index (χ2v) is 11.1. The molecule has 0 aliphatic carbocycles. The molecule has 1 saturated heterocycles. The van der Waals surface area contributed by atoms with Crippen molar-refractivity contribution in [2.45, 2.75) is 71.3 Å². The number of likely N-dealkylation sites (tertiary alicyclic amines) is 1. The van der Waals surface area contributed by atoms with E-state index in [4.69, 9.17) is 0 Å². The summed E-state index contributed by atoms with van der Waals surface area (Å²) in [5, 5.41) is 9.52. The van der Waals surface area contributed by atoms with Crippen LogP contribution in [0.5, 0.6) is 0 Å². The van der Waals surface area contributed by atoms with Crippen molar-refractivity contribution in [3.8, 4) is 11.1 Å². The maximum absolute atomic E-state index is 13.3. The molecule has 1 heterocycles. The molecule has 0 bridgehead atoms. The first-order chi connectivity index (χ1) is 17.0. The lowest BCUT2D eigenvalue weighted by Crippen LogP contribution is -2.42. The molecule has 2 aromatic carbocycles. The maximum Gasteiger partial charge on any atom is 0.416 e. The van der Waals surface area contributed by atoms with Crippen LogP contribution in [0.4, 0.5) is 26.3 Å². The summed E-state index contributed by atoms with van der Waals surface area (Å²) in [7, 11) is 0. The minimum absolute atomic E-state index is 0.0200. The largest absolute Gasteiger partial charge is 0.481 e. The monoisotopic (exact) mass is 529 g/mol. The number of carboxylic acids is 1. The second kappa shape index (κ2) is 10.7. The fraction of sp³-hybridized carbons (Fsp3) is 0.536. The van der Waals surface area contributed by atoms with E-state index >= 15 is 0 Å². The van der Waals surface area contributed by atoms with Crippen molar-refractivity contribution in [3.63, 3.8) is 0 Å². The lowest BCUT2D eigenvalue weighted by atomic mass is 9.80. The van der Waals surface area contributed by atoms with E-state index in [2.05, 4.69) is 0 Å². The fourth-order valence-corrected chi connectivity index (χ4v) is 4.92. The van der Waals surface area contributed by atoms with Gasteiger partial charge in [-0.25, -0.2) is 0 Å². The number of benzene rings is 2. The molecular formula is C28H33F6NO2. The normalized spacial score (nSPS) is 18.0. The average molecular weight is 530 g/mol. The third kappa shape index (κ3) is 7.27. The molecule has 0 amide bonds. The molecular weight excluding hydrogens is 496 g/mol. The third-order valence-electron chi connectivity index (χ3n) is 7.07. The van der Waals surface area contributed by atoms with Gasteiger partial charge in [-0.1, -0.05) is 45.0 Å². The van der Waals surface area contributed by atoms with Gasteiger partial charge in [0.1, 0.15) is 0 Å². The van der Waals surface area contributed by atoms with Gasteiger partial charge in [-0.15, -0.1) is 0 Å². The summed E-state index contributed by atoms with van der Waals surface area (Å²) in [5.41, 5.74) is 1.35. The summed E-state index contributed by atoms with van der Waals surface area (Å²) < 4.78 is 79.5. The molecule has 0 saturated carbocycles. The van der Waals surface area contributed by atoms with E-state index in [9.17, 15) is 36.2 Å². The topological polar surface area (TPSA) is 40.5 Å². The van der Waals surface area contributed by atoms with E-state index in [0.717, 1.165) is 17.7 Å². The molecule has 37 heavy (non-hydrogen) atoms. The Morgan fingerprint density at radius 1 is 0.973 bits per heavy atom. The SMILES string of the molecule is CC(C(=O)O)c1ccc(C(CC(C)(C)C)N2CCC(C(F)(F)F)CC2)c(-c2ccc(C(F)(F)F)cc2)c1. The number of carboxylic acid groups (broad SMARTS) is 1. The molecule has 2 unspecified atom stereocenters. The van der Waals surface area contributed by atoms with E-state index in [1.165, 1.54) is 19.1 Å². The summed E-state index contributed by atoms with van der Waals surface area (Å²) in [4.78, 5) is 13.7. The summed E-state index contributed by atoms with van der Waals surface area (Å²) in [6.45, 7) is 8.10. The van der Waals surface area contributed by atoms with Crippen LogP contribution in [-0.2, 0) is 11.0 Å². The van der Waals surface area contributed by atoms with Gasteiger partial charge < -0.3 is 5.11 Å². The average Bonchev–Trinajstić information content (AvgIpc) is 2.80. The van der Waals surface area contributed by atoms with Crippen molar-refractivity contribution in [1.29, 1.82) is 0 Å². The Kier molecular flexibility index (Phi) is 8.37. The number of piperidine rings is 1. The number of aliphatic carboxylic acids is 1. The van der Waals surface area contributed by atoms with E-state index < -0.39 is 35.7 Å². The van der Waals surface area contributed by atoms with E-state index in [-0.39, 0.29) is 37.4 Å². The maximum atomic E-state index is 13.3. The van der Waals surface area contributed by atoms with Crippen molar-refractivity contribution in [2.75, 3.05) is 13.1 Å². The predicted octanol–water partition coefficient (Wildman–Crippen LogP) is 8.31. The first-order valence-corrected chi connectivity index (χ1v) is 12.3. The van der Waals surface area contributed by atoms with Crippen LogP contribution in [0.25, 0.3) is 11.1 Å². The Hall–Kier alpha value is -2.55. The van der Waals surface area contributed by atoms with Gasteiger partial charge in [-0.3, -0.25) is 9.69 Å². The highest BCUT2D eigenvalue weighted by atomic mass is 19.4. The van der Waals surface area contributed by atoms with Crippen LogP contribution < -0.4 is 0 Å². The Bertz CT molecular complexity index is 1080.